The number of piperidine rings is 1. The van der Waals surface area contributed by atoms with E-state index in [0.717, 1.165) is 52.0 Å². The molecule has 2 saturated heterocycles. The summed E-state index contributed by atoms with van der Waals surface area (Å²) in [6.07, 6.45) is 3.41. The van der Waals surface area contributed by atoms with Gasteiger partial charge in [-0.3, -0.25) is 9.69 Å². The van der Waals surface area contributed by atoms with E-state index in [1.54, 1.807) is 0 Å². The number of hydrogen-bond donors (Lipinski definition) is 0. The minimum Gasteiger partial charge on any atom is -0.338 e. The lowest BCUT2D eigenvalue weighted by molar-refractivity contribution is -0.134. The maximum absolute atomic E-state index is 12.8. The van der Waals surface area contributed by atoms with Gasteiger partial charge in [-0.1, -0.05) is 30.3 Å². The smallest absolute Gasteiger partial charge is 0.237 e. The van der Waals surface area contributed by atoms with Crippen LogP contribution in [0.15, 0.2) is 30.3 Å². The molecule has 0 radical (unpaired) electrons. The van der Waals surface area contributed by atoms with Crippen molar-refractivity contribution in [2.75, 3.05) is 46.3 Å². The van der Waals surface area contributed by atoms with E-state index in [0.29, 0.717) is 24.4 Å². The van der Waals surface area contributed by atoms with Crippen molar-refractivity contribution in [2.24, 2.45) is 0 Å². The van der Waals surface area contributed by atoms with Gasteiger partial charge >= 0.3 is 0 Å². The molecule has 4 nitrogen and oxygen atoms in total. The predicted octanol–water partition coefficient (Wildman–Crippen LogP) is 2.42. The van der Waals surface area contributed by atoms with Crippen LogP contribution in [0.3, 0.4) is 0 Å². The molecule has 1 atom stereocenters. The Kier molecular flexibility index (Phi) is 5.90. The second-order valence-corrected chi connectivity index (χ2v) is 7.51. The summed E-state index contributed by atoms with van der Waals surface area (Å²) < 4.78 is 0. The van der Waals surface area contributed by atoms with Gasteiger partial charge in [-0.2, -0.15) is 0 Å². The molecule has 1 aromatic carbocycles. The van der Waals surface area contributed by atoms with E-state index in [1.807, 2.05) is 0 Å². The Balaban J connectivity index is 1.49. The first-order chi connectivity index (χ1) is 11.6. The molecule has 2 aliphatic heterocycles. The second kappa shape index (κ2) is 8.13. The summed E-state index contributed by atoms with van der Waals surface area (Å²) in [4.78, 5) is 19.5. The molecular formula is C20H31N3O. The van der Waals surface area contributed by atoms with Gasteiger partial charge in [-0.05, 0) is 64.3 Å². The molecular weight excluding hydrogens is 298 g/mol. The van der Waals surface area contributed by atoms with Crippen molar-refractivity contribution in [3.63, 3.8) is 0 Å². The van der Waals surface area contributed by atoms with Crippen molar-refractivity contribution in [2.45, 2.75) is 38.1 Å². The Hall–Kier alpha value is -1.39. The molecule has 0 saturated carbocycles. The zero-order chi connectivity index (χ0) is 16.9. The average Bonchev–Trinajstić information content (AvgIpc) is 2.76. The van der Waals surface area contributed by atoms with E-state index in [4.69, 9.17) is 0 Å². The third kappa shape index (κ3) is 4.37. The van der Waals surface area contributed by atoms with Crippen LogP contribution in [0.1, 0.15) is 37.7 Å². The Morgan fingerprint density at radius 3 is 2.50 bits per heavy atom. The van der Waals surface area contributed by atoms with Crippen LogP contribution in [0.5, 0.6) is 0 Å². The normalized spacial score (nSPS) is 24.8. The summed E-state index contributed by atoms with van der Waals surface area (Å²) in [7, 11) is 2.15. The molecule has 2 fully saturated rings. The number of benzene rings is 1. The summed E-state index contributed by atoms with van der Waals surface area (Å²) in [5.41, 5.74) is 1.45. The van der Waals surface area contributed by atoms with E-state index in [1.165, 1.54) is 5.56 Å². The van der Waals surface area contributed by atoms with Crippen molar-refractivity contribution in [3.05, 3.63) is 35.9 Å². The Morgan fingerprint density at radius 2 is 1.79 bits per heavy atom. The van der Waals surface area contributed by atoms with Crippen LogP contribution in [-0.4, -0.2) is 73.0 Å². The summed E-state index contributed by atoms with van der Waals surface area (Å²) in [6.45, 7) is 7.83. The third-order valence-corrected chi connectivity index (χ3v) is 5.58. The van der Waals surface area contributed by atoms with Crippen LogP contribution < -0.4 is 0 Å². The Labute approximate surface area is 146 Å². The fourth-order valence-corrected chi connectivity index (χ4v) is 4.17. The van der Waals surface area contributed by atoms with Gasteiger partial charge in [0.15, 0.2) is 0 Å². The highest BCUT2D eigenvalue weighted by molar-refractivity contribution is 5.78. The molecule has 1 unspecified atom stereocenters. The largest absolute Gasteiger partial charge is 0.338 e. The first-order valence-electron chi connectivity index (χ1n) is 9.39. The van der Waals surface area contributed by atoms with Crippen LogP contribution in [0.25, 0.3) is 0 Å². The van der Waals surface area contributed by atoms with E-state index in [-0.39, 0.29) is 0 Å². The second-order valence-electron chi connectivity index (χ2n) is 7.51. The highest BCUT2D eigenvalue weighted by Crippen LogP contribution is 2.27. The first-order valence-corrected chi connectivity index (χ1v) is 9.39. The SMILES string of the molecule is CC1CN(C)CCCN1C(=O)CN1CCC(c2ccccc2)CC1. The predicted molar refractivity (Wildman–Crippen MR) is 98.1 cm³/mol. The maximum Gasteiger partial charge on any atom is 0.237 e. The van der Waals surface area contributed by atoms with Crippen molar-refractivity contribution >= 4 is 5.91 Å². The molecule has 2 aliphatic rings. The molecule has 0 spiro atoms. The molecule has 1 amide bonds. The van der Waals surface area contributed by atoms with Crippen molar-refractivity contribution in [1.82, 2.24) is 14.7 Å². The van der Waals surface area contributed by atoms with E-state index in [9.17, 15) is 4.79 Å². The lowest BCUT2D eigenvalue weighted by Gasteiger charge is -2.34. The number of likely N-dealkylation sites (tertiary alicyclic amines) is 1. The third-order valence-electron chi connectivity index (χ3n) is 5.58. The fraction of sp³-hybridized carbons (Fsp3) is 0.650. The lowest BCUT2D eigenvalue weighted by Crippen LogP contribution is -2.47. The summed E-state index contributed by atoms with van der Waals surface area (Å²) in [5.74, 6) is 0.972. The van der Waals surface area contributed by atoms with Crippen molar-refractivity contribution < 1.29 is 4.79 Å². The molecule has 2 heterocycles. The topological polar surface area (TPSA) is 26.8 Å². The molecule has 3 rings (SSSR count). The minimum atomic E-state index is 0.316. The number of carbonyl (C=O) groups is 1. The molecule has 0 N–H and O–H groups in total. The van der Waals surface area contributed by atoms with E-state index < -0.39 is 0 Å². The Bertz CT molecular complexity index is 525. The van der Waals surface area contributed by atoms with Crippen LogP contribution in [0.2, 0.25) is 0 Å². The zero-order valence-electron chi connectivity index (χ0n) is 15.2. The van der Waals surface area contributed by atoms with Crippen molar-refractivity contribution in [3.8, 4) is 0 Å². The van der Waals surface area contributed by atoms with E-state index in [2.05, 4.69) is 59.0 Å². The Morgan fingerprint density at radius 1 is 1.08 bits per heavy atom. The van der Waals surface area contributed by atoms with Crippen LogP contribution in [0, 0.1) is 0 Å². The maximum atomic E-state index is 12.8. The molecule has 1 aromatic rings. The summed E-state index contributed by atoms with van der Waals surface area (Å²) in [5, 5.41) is 0. The molecule has 0 aromatic heterocycles. The first kappa shape index (κ1) is 17.4. The minimum absolute atomic E-state index is 0.316. The van der Waals surface area contributed by atoms with Gasteiger partial charge in [0.05, 0.1) is 6.54 Å². The molecule has 0 aliphatic carbocycles. The number of hydrogen-bond acceptors (Lipinski definition) is 3. The number of likely N-dealkylation sites (N-methyl/N-ethyl adjacent to an activating group) is 1. The molecule has 4 heteroatoms. The summed E-state index contributed by atoms with van der Waals surface area (Å²) in [6, 6.07) is 11.1. The van der Waals surface area contributed by atoms with Gasteiger partial charge in [0, 0.05) is 19.1 Å². The summed E-state index contributed by atoms with van der Waals surface area (Å²) >= 11 is 0. The number of rotatable bonds is 3. The number of carbonyl (C=O) groups excluding carboxylic acids is 1. The van der Waals surface area contributed by atoms with Gasteiger partial charge < -0.3 is 9.80 Å². The van der Waals surface area contributed by atoms with E-state index >= 15 is 0 Å². The fourth-order valence-electron chi connectivity index (χ4n) is 4.17. The molecule has 132 valence electrons. The monoisotopic (exact) mass is 329 g/mol. The number of amides is 1. The lowest BCUT2D eigenvalue weighted by atomic mass is 9.89. The molecule has 24 heavy (non-hydrogen) atoms. The van der Waals surface area contributed by atoms with Crippen LogP contribution >= 0.6 is 0 Å². The van der Waals surface area contributed by atoms with Gasteiger partial charge in [0.25, 0.3) is 0 Å². The van der Waals surface area contributed by atoms with Gasteiger partial charge in [0.2, 0.25) is 5.91 Å². The highest BCUT2D eigenvalue weighted by Gasteiger charge is 2.27. The quantitative estimate of drug-likeness (QED) is 0.852. The van der Waals surface area contributed by atoms with Crippen LogP contribution in [-0.2, 0) is 4.79 Å². The van der Waals surface area contributed by atoms with Gasteiger partial charge in [0.1, 0.15) is 0 Å². The van der Waals surface area contributed by atoms with Crippen LogP contribution in [0.4, 0.5) is 0 Å². The van der Waals surface area contributed by atoms with Gasteiger partial charge in [-0.15, -0.1) is 0 Å². The standard InChI is InChI=1S/C20H31N3O/c1-17-15-21(2)11-6-12-23(17)20(24)16-22-13-9-19(10-14-22)18-7-4-3-5-8-18/h3-5,7-8,17,19H,6,9-16H2,1-2H3. The van der Waals surface area contributed by atoms with Gasteiger partial charge in [-0.25, -0.2) is 0 Å². The zero-order valence-corrected chi connectivity index (χ0v) is 15.2. The number of nitrogens with zero attached hydrogens (tertiary/aromatic N) is 3. The van der Waals surface area contributed by atoms with Crippen molar-refractivity contribution in [1.29, 1.82) is 0 Å². The highest BCUT2D eigenvalue weighted by atomic mass is 16.2. The average molecular weight is 329 g/mol. The molecule has 0 bridgehead atoms.